The van der Waals surface area contributed by atoms with Crippen molar-refractivity contribution in [2.24, 2.45) is 0 Å². The van der Waals surface area contributed by atoms with Crippen LogP contribution in [0.5, 0.6) is 5.75 Å². The number of amides is 1. The van der Waals surface area contributed by atoms with E-state index in [4.69, 9.17) is 4.74 Å². The number of ether oxygens (including phenoxy) is 1. The van der Waals surface area contributed by atoms with Gasteiger partial charge < -0.3 is 24.4 Å². The molecule has 1 saturated heterocycles. The van der Waals surface area contributed by atoms with Crippen molar-refractivity contribution in [1.82, 2.24) is 29.2 Å². The van der Waals surface area contributed by atoms with Gasteiger partial charge in [-0.3, -0.25) is 14.7 Å². The molecule has 1 spiro atoms. The Balaban J connectivity index is 1.33. The minimum absolute atomic E-state index is 0.0124. The minimum atomic E-state index is -0.461. The van der Waals surface area contributed by atoms with E-state index in [1.807, 2.05) is 25.1 Å². The van der Waals surface area contributed by atoms with E-state index >= 15 is 0 Å². The molecule has 6 rings (SSSR count). The lowest BCUT2D eigenvalue weighted by molar-refractivity contribution is 0.0586. The summed E-state index contributed by atoms with van der Waals surface area (Å²) in [6.07, 6.45) is 8.89. The summed E-state index contributed by atoms with van der Waals surface area (Å²) >= 11 is 0. The molecule has 3 aromatic rings. The lowest BCUT2D eigenvalue weighted by atomic mass is 9.60. The quantitative estimate of drug-likeness (QED) is 0.394. The topological polar surface area (TPSA) is 78.8 Å². The van der Waals surface area contributed by atoms with Crippen molar-refractivity contribution in [2.75, 3.05) is 65.3 Å². The average molecular weight is 576 g/mol. The number of nitrogens with one attached hydrogen (secondary N) is 1. The number of hydrogen-bond donors (Lipinski definition) is 1. The molecule has 3 aliphatic rings. The molecule has 1 N–H and O–H groups in total. The number of benzene rings is 1. The third-order valence-electron chi connectivity index (χ3n) is 9.23. The number of anilines is 1. The second-order valence-electron chi connectivity index (χ2n) is 12.0. The maximum atomic E-state index is 14.2. The van der Waals surface area contributed by atoms with Gasteiger partial charge in [0.05, 0.1) is 19.3 Å². The Morgan fingerprint density at radius 3 is 2.62 bits per heavy atom. The highest BCUT2D eigenvalue weighted by Crippen LogP contribution is 2.50. The monoisotopic (exact) mass is 575 g/mol. The Morgan fingerprint density at radius 1 is 1.10 bits per heavy atom. The van der Waals surface area contributed by atoms with Crippen LogP contribution in [0.25, 0.3) is 0 Å². The molecule has 2 aliphatic heterocycles. The lowest BCUT2D eigenvalue weighted by Crippen LogP contribution is -2.54. The fraction of sp³-hybridized carbons (Fsp3) is 0.531. The first kappa shape index (κ1) is 28.6. The summed E-state index contributed by atoms with van der Waals surface area (Å²) in [4.78, 5) is 29.8. The normalized spacial score (nSPS) is 18.7. The van der Waals surface area contributed by atoms with E-state index in [9.17, 15) is 9.18 Å². The number of likely N-dealkylation sites (N-methyl/N-ethyl adjacent to an activating group) is 1. The summed E-state index contributed by atoms with van der Waals surface area (Å²) in [6, 6.07) is 6.13. The van der Waals surface area contributed by atoms with Gasteiger partial charge in [-0.15, -0.1) is 0 Å². The van der Waals surface area contributed by atoms with E-state index < -0.39 is 5.82 Å². The molecule has 42 heavy (non-hydrogen) atoms. The fourth-order valence-electron chi connectivity index (χ4n) is 6.88. The van der Waals surface area contributed by atoms with Gasteiger partial charge in [-0.1, -0.05) is 12.5 Å². The number of rotatable bonds is 10. The molecule has 9 nitrogen and oxygen atoms in total. The Hall–Kier alpha value is -3.50. The van der Waals surface area contributed by atoms with Crippen LogP contribution >= 0.6 is 0 Å². The number of imidazole rings is 1. The summed E-state index contributed by atoms with van der Waals surface area (Å²) in [5, 5.41) is 3.16. The molecule has 0 radical (unpaired) electrons. The first-order valence-corrected chi connectivity index (χ1v) is 15.2. The molecule has 2 aromatic heterocycles. The summed E-state index contributed by atoms with van der Waals surface area (Å²) in [5.41, 5.74) is 5.24. The average Bonchev–Trinajstić information content (AvgIpc) is 3.42. The SMILES string of the molecule is CCOc1cc(CCN2CC3(CCC3)c3c(CN4CCN(C)CC4)cc(Cn4ccnc4NC)cc3C2=O)ncc1F. The smallest absolute Gasteiger partial charge is 0.254 e. The number of hydrogen-bond acceptors (Lipinski definition) is 7. The Labute approximate surface area is 247 Å². The van der Waals surface area contributed by atoms with E-state index in [2.05, 4.69) is 48.8 Å². The van der Waals surface area contributed by atoms with Crippen LogP contribution in [0.15, 0.2) is 36.8 Å². The largest absolute Gasteiger partial charge is 0.491 e. The van der Waals surface area contributed by atoms with E-state index in [0.29, 0.717) is 26.1 Å². The van der Waals surface area contributed by atoms with Crippen LogP contribution in [-0.2, 0) is 24.9 Å². The molecular weight excluding hydrogens is 533 g/mol. The predicted molar refractivity (Wildman–Crippen MR) is 161 cm³/mol. The third kappa shape index (κ3) is 5.62. The molecule has 1 aromatic carbocycles. The maximum Gasteiger partial charge on any atom is 0.254 e. The van der Waals surface area contributed by atoms with Crippen molar-refractivity contribution in [3.8, 4) is 5.75 Å². The molecule has 0 unspecified atom stereocenters. The van der Waals surface area contributed by atoms with Gasteiger partial charge in [-0.05, 0) is 49.6 Å². The standard InChI is InChI=1S/C32H42FN7O2/c1-4-42-28-18-25(36-19-27(28)33)6-10-40-22-32(7-5-8-32)29-24(21-38-14-12-37(3)13-15-38)16-23(17-26(29)30(40)41)20-39-11-9-35-31(39)34-2/h9,11,16-19H,4-8,10,12-15,20-22H2,1-3H3,(H,34,35). The number of piperazine rings is 1. The Kier molecular flexibility index (Phi) is 8.18. The number of pyridine rings is 1. The van der Waals surface area contributed by atoms with Crippen molar-refractivity contribution in [3.63, 3.8) is 0 Å². The Bertz CT molecular complexity index is 1430. The van der Waals surface area contributed by atoms with E-state index in [1.54, 1.807) is 12.3 Å². The molecule has 0 bridgehead atoms. The number of fused-ring (bicyclic) bond motifs is 2. The molecule has 1 aliphatic carbocycles. The van der Waals surface area contributed by atoms with Gasteiger partial charge in [0.15, 0.2) is 11.6 Å². The lowest BCUT2D eigenvalue weighted by Gasteiger charge is -2.51. The van der Waals surface area contributed by atoms with E-state index in [0.717, 1.165) is 74.9 Å². The van der Waals surface area contributed by atoms with Crippen molar-refractivity contribution in [2.45, 2.75) is 51.1 Å². The minimum Gasteiger partial charge on any atom is -0.491 e. The van der Waals surface area contributed by atoms with Crippen molar-refractivity contribution in [1.29, 1.82) is 0 Å². The zero-order valence-electron chi connectivity index (χ0n) is 25.0. The van der Waals surface area contributed by atoms with Gasteiger partial charge in [-0.25, -0.2) is 9.37 Å². The fourth-order valence-corrected chi connectivity index (χ4v) is 6.88. The zero-order valence-corrected chi connectivity index (χ0v) is 25.0. The van der Waals surface area contributed by atoms with Crippen LogP contribution in [0.4, 0.5) is 10.3 Å². The molecule has 10 heteroatoms. The summed E-state index contributed by atoms with van der Waals surface area (Å²) < 4.78 is 21.6. The van der Waals surface area contributed by atoms with E-state index in [1.165, 1.54) is 23.7 Å². The molecule has 2 fully saturated rings. The summed E-state index contributed by atoms with van der Waals surface area (Å²) in [5.74, 6) is 0.634. The van der Waals surface area contributed by atoms with Crippen LogP contribution in [0.1, 0.15) is 58.9 Å². The number of halogens is 1. The van der Waals surface area contributed by atoms with Gasteiger partial charge >= 0.3 is 0 Å². The second kappa shape index (κ2) is 12.0. The Morgan fingerprint density at radius 2 is 1.90 bits per heavy atom. The maximum absolute atomic E-state index is 14.2. The van der Waals surface area contributed by atoms with Gasteiger partial charge in [0.1, 0.15) is 0 Å². The van der Waals surface area contributed by atoms with Crippen molar-refractivity contribution < 1.29 is 13.9 Å². The van der Waals surface area contributed by atoms with Crippen LogP contribution < -0.4 is 10.1 Å². The van der Waals surface area contributed by atoms with Gasteiger partial charge in [0.25, 0.3) is 5.91 Å². The summed E-state index contributed by atoms with van der Waals surface area (Å²) in [6.45, 7) is 9.15. The molecule has 0 atom stereocenters. The van der Waals surface area contributed by atoms with Gasteiger partial charge in [0, 0.05) is 94.4 Å². The number of aromatic nitrogens is 3. The van der Waals surface area contributed by atoms with Crippen molar-refractivity contribution in [3.05, 3.63) is 70.6 Å². The molecule has 1 saturated carbocycles. The van der Waals surface area contributed by atoms with Crippen molar-refractivity contribution >= 4 is 11.9 Å². The van der Waals surface area contributed by atoms with Crippen LogP contribution in [0.3, 0.4) is 0 Å². The molecule has 224 valence electrons. The third-order valence-corrected chi connectivity index (χ3v) is 9.23. The predicted octanol–water partition coefficient (Wildman–Crippen LogP) is 3.77. The van der Waals surface area contributed by atoms with Crippen LogP contribution in [-0.4, -0.2) is 95.1 Å². The van der Waals surface area contributed by atoms with Gasteiger partial charge in [0.2, 0.25) is 5.95 Å². The highest BCUT2D eigenvalue weighted by atomic mass is 19.1. The van der Waals surface area contributed by atoms with Gasteiger partial charge in [-0.2, -0.15) is 0 Å². The number of carbonyl (C=O) groups excluding carboxylic acids is 1. The zero-order chi connectivity index (χ0) is 29.3. The summed E-state index contributed by atoms with van der Waals surface area (Å²) in [7, 11) is 4.06. The van der Waals surface area contributed by atoms with Crippen LogP contribution in [0, 0.1) is 5.82 Å². The number of nitrogens with zero attached hydrogens (tertiary/aromatic N) is 6. The first-order chi connectivity index (χ1) is 20.4. The highest BCUT2D eigenvalue weighted by molar-refractivity contribution is 5.98. The molecular formula is C32H42FN7O2. The van der Waals surface area contributed by atoms with Crippen LogP contribution in [0.2, 0.25) is 0 Å². The second-order valence-corrected chi connectivity index (χ2v) is 12.0. The molecule has 4 heterocycles. The molecule has 1 amide bonds. The first-order valence-electron chi connectivity index (χ1n) is 15.2. The van der Waals surface area contributed by atoms with E-state index in [-0.39, 0.29) is 17.1 Å². The number of carbonyl (C=O) groups is 1. The highest BCUT2D eigenvalue weighted by Gasteiger charge is 2.48.